The number of H-pyrrole nitrogens is 1. The number of pyridine rings is 1. The number of fused-ring (bicyclic) bond motifs is 4. The molecule has 41 heavy (non-hydrogen) atoms. The minimum Gasteiger partial charge on any atom is -0.372 e. The summed E-state index contributed by atoms with van der Waals surface area (Å²) in [6, 6.07) is 0. The van der Waals surface area contributed by atoms with Gasteiger partial charge in [0.05, 0.1) is 17.9 Å². The van der Waals surface area contributed by atoms with Gasteiger partial charge in [-0.05, 0) is 80.4 Å². The summed E-state index contributed by atoms with van der Waals surface area (Å²) < 4.78 is 8.00. The highest BCUT2D eigenvalue weighted by atomic mass is 32.1. The number of rotatable bonds is 4. The highest BCUT2D eigenvalue weighted by Gasteiger charge is 2.50. The average Bonchev–Trinajstić information content (AvgIpc) is 3.75. The summed E-state index contributed by atoms with van der Waals surface area (Å²) in [7, 11) is 0. The largest absolute Gasteiger partial charge is 0.372 e. The van der Waals surface area contributed by atoms with Gasteiger partial charge in [0.1, 0.15) is 11.2 Å². The zero-order chi connectivity index (χ0) is 27.9. The number of nitrogens with one attached hydrogen (secondary N) is 2. The first-order valence-corrected chi connectivity index (χ1v) is 16.4. The van der Waals surface area contributed by atoms with Gasteiger partial charge in [0.25, 0.3) is 0 Å². The second-order valence-electron chi connectivity index (χ2n) is 13.2. The number of thiophene rings is 1. The quantitative estimate of drug-likeness (QED) is 0.345. The van der Waals surface area contributed by atoms with Crippen LogP contribution in [-0.2, 0) is 22.4 Å². The fraction of sp³-hybridized carbons (Fsp3) is 0.594. The lowest BCUT2D eigenvalue weighted by Gasteiger charge is -2.50. The minimum atomic E-state index is -0.0832. The van der Waals surface area contributed by atoms with Crippen LogP contribution in [0.4, 0.5) is 0 Å². The van der Waals surface area contributed by atoms with E-state index in [2.05, 4.69) is 52.3 Å². The number of morpholine rings is 1. The zero-order valence-electron chi connectivity index (χ0n) is 24.4. The second-order valence-corrected chi connectivity index (χ2v) is 14.2. The molecule has 0 atom stereocenters. The molecule has 0 aromatic carbocycles. The summed E-state index contributed by atoms with van der Waals surface area (Å²) in [5, 5.41) is 9.36. The Morgan fingerprint density at radius 1 is 1.20 bits per heavy atom. The Morgan fingerprint density at radius 2 is 2.00 bits per heavy atom. The Kier molecular flexibility index (Phi) is 6.10. The Hall–Kier alpha value is -2.75. The maximum Gasteiger partial charge on any atom is 0.225 e. The molecule has 216 valence electrons. The van der Waals surface area contributed by atoms with E-state index in [9.17, 15) is 4.79 Å². The Morgan fingerprint density at radius 3 is 2.76 bits per heavy atom. The predicted octanol–water partition coefficient (Wildman–Crippen LogP) is 5.33. The first kappa shape index (κ1) is 25.9. The summed E-state index contributed by atoms with van der Waals surface area (Å²) in [5.74, 6) is 1.40. The molecule has 1 spiro atoms. The van der Waals surface area contributed by atoms with E-state index < -0.39 is 0 Å². The van der Waals surface area contributed by atoms with Crippen LogP contribution in [0.5, 0.6) is 0 Å². The molecular formula is C32H40N6O2S. The van der Waals surface area contributed by atoms with Crippen molar-refractivity contribution in [1.82, 2.24) is 29.8 Å². The number of likely N-dealkylation sites (tertiary alicyclic amines) is 1. The van der Waals surface area contributed by atoms with Gasteiger partial charge in [-0.25, -0.2) is 9.50 Å². The fourth-order valence-electron chi connectivity index (χ4n) is 8.29. The van der Waals surface area contributed by atoms with Crippen molar-refractivity contribution in [3.63, 3.8) is 0 Å². The van der Waals surface area contributed by atoms with Crippen LogP contribution in [0.15, 0.2) is 12.5 Å². The molecular weight excluding hydrogens is 532 g/mol. The molecule has 1 saturated carbocycles. The third kappa shape index (κ3) is 4.02. The number of carbonyl (C=O) groups excluding carboxylic acids is 1. The molecule has 4 aliphatic rings. The van der Waals surface area contributed by atoms with Gasteiger partial charge >= 0.3 is 0 Å². The number of aromatic amines is 1. The number of carbonyl (C=O) groups is 1. The van der Waals surface area contributed by atoms with E-state index in [1.165, 1.54) is 55.0 Å². The van der Waals surface area contributed by atoms with Gasteiger partial charge in [0, 0.05) is 59.7 Å². The van der Waals surface area contributed by atoms with E-state index in [4.69, 9.17) is 4.74 Å². The second kappa shape index (κ2) is 9.64. The highest BCUT2D eigenvalue weighted by molar-refractivity contribution is 7.19. The molecule has 3 fully saturated rings. The lowest BCUT2D eigenvalue weighted by molar-refractivity contribution is -0.168. The molecule has 1 amide bonds. The molecule has 2 N–H and O–H groups in total. The van der Waals surface area contributed by atoms with Crippen LogP contribution >= 0.6 is 11.3 Å². The lowest BCUT2D eigenvalue weighted by atomic mass is 9.69. The van der Waals surface area contributed by atoms with E-state index in [-0.39, 0.29) is 11.5 Å². The molecule has 2 aliphatic heterocycles. The number of nitrogens with zero attached hydrogens (tertiary/aromatic N) is 4. The van der Waals surface area contributed by atoms with Crippen molar-refractivity contribution in [2.45, 2.75) is 83.2 Å². The fourth-order valence-corrected chi connectivity index (χ4v) is 9.69. The number of hydrogen-bond acceptors (Lipinski definition) is 6. The summed E-state index contributed by atoms with van der Waals surface area (Å²) in [6.45, 7) is 11.3. The molecule has 0 bridgehead atoms. The Balaban J connectivity index is 1.05. The standard InChI is InChI=1S/C32H40N6O2S/c1-18(2)25-26-19(3)28(20-7-10-37(11-8-20)31(39)21-13-32(14-21)16-33-9-12-40-32)41-30(26)36-27(25)24-15-38-29(34-17-35-38)23-6-4-5-22(23)24/h15,17-18,20-21,33,36H,4-14,16H2,1-3H3. The molecule has 2 aliphatic carbocycles. The number of piperidine rings is 1. The highest BCUT2D eigenvalue weighted by Crippen LogP contribution is 2.48. The Labute approximate surface area is 244 Å². The first-order valence-electron chi connectivity index (χ1n) is 15.6. The van der Waals surface area contributed by atoms with Gasteiger partial charge in [-0.15, -0.1) is 11.3 Å². The van der Waals surface area contributed by atoms with Gasteiger partial charge in [0.15, 0.2) is 5.65 Å². The predicted molar refractivity (Wildman–Crippen MR) is 162 cm³/mol. The Bertz CT molecular complexity index is 1640. The third-order valence-corrected chi connectivity index (χ3v) is 11.7. The lowest BCUT2D eigenvalue weighted by Crippen LogP contribution is -2.60. The van der Waals surface area contributed by atoms with E-state index in [1.54, 1.807) is 6.33 Å². The SMILES string of the molecule is Cc1c(C2CCN(C(=O)C3CC4(CNCCO4)C3)CC2)sc2[nH]c(-c3cn4ncnc4c4c3CCC4)c(C(C)C)c12. The molecule has 6 heterocycles. The third-order valence-electron chi connectivity index (χ3n) is 10.3. The van der Waals surface area contributed by atoms with Gasteiger partial charge in [0.2, 0.25) is 5.91 Å². The van der Waals surface area contributed by atoms with Crippen molar-refractivity contribution < 1.29 is 9.53 Å². The normalized spacial score (nSPS) is 25.1. The summed E-state index contributed by atoms with van der Waals surface area (Å²) in [6.07, 6.45) is 11.1. The van der Waals surface area contributed by atoms with Crippen LogP contribution < -0.4 is 5.32 Å². The zero-order valence-corrected chi connectivity index (χ0v) is 25.2. The number of ether oxygens (including phenoxy) is 1. The maximum absolute atomic E-state index is 13.3. The summed E-state index contributed by atoms with van der Waals surface area (Å²) in [4.78, 5) is 26.7. The number of amides is 1. The molecule has 9 heteroatoms. The van der Waals surface area contributed by atoms with Crippen molar-refractivity contribution in [1.29, 1.82) is 0 Å². The summed E-state index contributed by atoms with van der Waals surface area (Å²) in [5.41, 5.74) is 9.17. The molecule has 2 saturated heterocycles. The number of aryl methyl sites for hydroxylation is 2. The van der Waals surface area contributed by atoms with Crippen molar-refractivity contribution in [2.24, 2.45) is 5.92 Å². The van der Waals surface area contributed by atoms with Crippen LogP contribution in [-0.4, -0.2) is 68.8 Å². The van der Waals surface area contributed by atoms with E-state index in [0.717, 1.165) is 77.0 Å². The number of hydrogen-bond donors (Lipinski definition) is 2. The number of aromatic nitrogens is 4. The van der Waals surface area contributed by atoms with Crippen molar-refractivity contribution in [3.8, 4) is 11.3 Å². The first-order chi connectivity index (χ1) is 19.9. The van der Waals surface area contributed by atoms with Crippen molar-refractivity contribution in [3.05, 3.63) is 39.7 Å². The maximum atomic E-state index is 13.3. The monoisotopic (exact) mass is 572 g/mol. The van der Waals surface area contributed by atoms with Gasteiger partial charge in [-0.1, -0.05) is 13.8 Å². The van der Waals surface area contributed by atoms with E-state index in [1.807, 2.05) is 15.9 Å². The van der Waals surface area contributed by atoms with Crippen LogP contribution in [0.25, 0.3) is 27.1 Å². The summed E-state index contributed by atoms with van der Waals surface area (Å²) >= 11 is 1.95. The average molecular weight is 573 g/mol. The van der Waals surface area contributed by atoms with Gasteiger partial charge in [-0.2, -0.15) is 5.10 Å². The van der Waals surface area contributed by atoms with Crippen LogP contribution in [0, 0.1) is 12.8 Å². The van der Waals surface area contributed by atoms with Crippen LogP contribution in [0.1, 0.15) is 84.9 Å². The van der Waals surface area contributed by atoms with Crippen molar-refractivity contribution in [2.75, 3.05) is 32.8 Å². The van der Waals surface area contributed by atoms with Crippen LogP contribution in [0.2, 0.25) is 0 Å². The van der Waals surface area contributed by atoms with Gasteiger partial charge < -0.3 is 19.9 Å². The molecule has 0 radical (unpaired) electrons. The van der Waals surface area contributed by atoms with Crippen LogP contribution in [0.3, 0.4) is 0 Å². The molecule has 8 rings (SSSR count). The van der Waals surface area contributed by atoms with Gasteiger partial charge in [-0.3, -0.25) is 4.79 Å². The topological polar surface area (TPSA) is 87.6 Å². The molecule has 0 unspecified atom stereocenters. The van der Waals surface area contributed by atoms with E-state index >= 15 is 0 Å². The van der Waals surface area contributed by atoms with Crippen molar-refractivity contribution >= 4 is 33.1 Å². The molecule has 4 aromatic heterocycles. The minimum absolute atomic E-state index is 0.0832. The van der Waals surface area contributed by atoms with E-state index in [0.29, 0.717) is 17.7 Å². The molecule has 4 aromatic rings. The smallest absolute Gasteiger partial charge is 0.225 e. The molecule has 8 nitrogen and oxygen atoms in total.